The van der Waals surface area contributed by atoms with Crippen molar-refractivity contribution >= 4 is 11.3 Å². The Morgan fingerprint density at radius 3 is 2.48 bits per heavy atom. The number of nitrogens with zero attached hydrogens (tertiary/aromatic N) is 2. The van der Waals surface area contributed by atoms with Crippen molar-refractivity contribution in [3.63, 3.8) is 0 Å². The lowest BCUT2D eigenvalue weighted by molar-refractivity contribution is -0.0771. The summed E-state index contributed by atoms with van der Waals surface area (Å²) in [5.74, 6) is 0.777. The van der Waals surface area contributed by atoms with E-state index in [0.29, 0.717) is 0 Å². The molecule has 2 aliphatic heterocycles. The van der Waals surface area contributed by atoms with Crippen LogP contribution in [0.5, 0.6) is 0 Å². The van der Waals surface area contributed by atoms with Gasteiger partial charge < -0.3 is 10.1 Å². The van der Waals surface area contributed by atoms with E-state index in [1.165, 1.54) is 20.9 Å². The van der Waals surface area contributed by atoms with Gasteiger partial charge in [0, 0.05) is 27.7 Å². The van der Waals surface area contributed by atoms with Crippen LogP contribution in [-0.4, -0.2) is 29.7 Å². The summed E-state index contributed by atoms with van der Waals surface area (Å²) in [5, 5.41) is 3.46. The van der Waals surface area contributed by atoms with Crippen LogP contribution >= 0.6 is 11.3 Å². The second kappa shape index (κ2) is 6.82. The molecule has 0 radical (unpaired) electrons. The van der Waals surface area contributed by atoms with Crippen molar-refractivity contribution in [2.24, 2.45) is 0 Å². The Kier molecular flexibility index (Phi) is 4.31. The molecule has 4 nitrogen and oxygen atoms in total. The van der Waals surface area contributed by atoms with Crippen LogP contribution in [0.4, 0.5) is 0 Å². The average Bonchev–Trinajstić information content (AvgIpc) is 3.16. The SMILES string of the molecule is Cc1cnc(-c2ccc(-c3cc4c(s3)C3(CCNCC3)OCC4)cc2)nc1. The first-order valence-electron chi connectivity index (χ1n) is 9.61. The zero-order valence-electron chi connectivity index (χ0n) is 15.5. The van der Waals surface area contributed by atoms with Crippen LogP contribution < -0.4 is 5.32 Å². The number of hydrogen-bond donors (Lipinski definition) is 1. The molecule has 0 amide bonds. The highest BCUT2D eigenvalue weighted by Gasteiger charge is 2.40. The van der Waals surface area contributed by atoms with Crippen molar-refractivity contribution < 1.29 is 4.74 Å². The van der Waals surface area contributed by atoms with E-state index in [1.807, 2.05) is 30.7 Å². The van der Waals surface area contributed by atoms with Gasteiger partial charge in [-0.2, -0.15) is 0 Å². The Balaban J connectivity index is 1.46. The fourth-order valence-corrected chi connectivity index (χ4v) is 5.51. The Hall–Kier alpha value is -2.08. The van der Waals surface area contributed by atoms with Crippen molar-refractivity contribution in [3.8, 4) is 21.8 Å². The lowest BCUT2D eigenvalue weighted by Gasteiger charge is -2.40. The molecule has 1 aromatic carbocycles. The fourth-order valence-electron chi connectivity index (χ4n) is 4.09. The first-order valence-corrected chi connectivity index (χ1v) is 10.4. The highest BCUT2D eigenvalue weighted by atomic mass is 32.1. The third-order valence-corrected chi connectivity index (χ3v) is 7.00. The maximum absolute atomic E-state index is 6.32. The van der Waals surface area contributed by atoms with Crippen LogP contribution in [0, 0.1) is 6.92 Å². The summed E-state index contributed by atoms with van der Waals surface area (Å²) in [5.41, 5.74) is 4.81. The van der Waals surface area contributed by atoms with Gasteiger partial charge in [-0.3, -0.25) is 0 Å². The molecule has 0 bridgehead atoms. The van der Waals surface area contributed by atoms with Gasteiger partial charge in [-0.1, -0.05) is 24.3 Å². The topological polar surface area (TPSA) is 47.0 Å². The van der Waals surface area contributed by atoms with Crippen LogP contribution in [-0.2, 0) is 16.8 Å². The molecule has 0 unspecified atom stereocenters. The number of ether oxygens (including phenoxy) is 1. The first kappa shape index (κ1) is 17.0. The van der Waals surface area contributed by atoms with Gasteiger partial charge in [0.1, 0.15) is 5.60 Å². The molecule has 1 fully saturated rings. The Morgan fingerprint density at radius 2 is 1.74 bits per heavy atom. The van der Waals surface area contributed by atoms with Gasteiger partial charge in [0.05, 0.1) is 6.61 Å². The molecule has 0 atom stereocenters. The first-order chi connectivity index (χ1) is 13.2. The molecule has 0 saturated carbocycles. The standard InChI is InChI=1S/C22H23N3OS/c1-15-13-24-21(25-14-15)17-4-2-16(3-5-17)19-12-18-6-11-26-22(20(18)27-19)7-9-23-10-8-22/h2-5,12-14,23H,6-11H2,1H3. The van der Waals surface area contributed by atoms with Crippen molar-refractivity contribution in [1.29, 1.82) is 0 Å². The molecular formula is C22H23N3OS. The maximum atomic E-state index is 6.32. The van der Waals surface area contributed by atoms with Gasteiger partial charge in [-0.25, -0.2) is 9.97 Å². The molecule has 2 aromatic heterocycles. The van der Waals surface area contributed by atoms with E-state index in [-0.39, 0.29) is 5.60 Å². The number of benzene rings is 1. The van der Waals surface area contributed by atoms with Crippen LogP contribution in [0.3, 0.4) is 0 Å². The molecule has 138 valence electrons. The second-order valence-corrected chi connectivity index (χ2v) is 8.52. The summed E-state index contributed by atoms with van der Waals surface area (Å²) < 4.78 is 6.32. The zero-order valence-corrected chi connectivity index (χ0v) is 16.3. The molecule has 5 heteroatoms. The normalized spacial score (nSPS) is 18.4. The monoisotopic (exact) mass is 377 g/mol. The predicted molar refractivity (Wildman–Crippen MR) is 109 cm³/mol. The van der Waals surface area contributed by atoms with Crippen LogP contribution in [0.2, 0.25) is 0 Å². The largest absolute Gasteiger partial charge is 0.369 e. The summed E-state index contributed by atoms with van der Waals surface area (Å²) in [7, 11) is 0. The van der Waals surface area contributed by atoms with Crippen molar-refractivity contribution in [2.75, 3.05) is 19.7 Å². The summed E-state index contributed by atoms with van der Waals surface area (Å²) in [6.45, 7) is 4.92. The van der Waals surface area contributed by atoms with Gasteiger partial charge in [-0.05, 0) is 62.0 Å². The quantitative estimate of drug-likeness (QED) is 0.722. The number of aromatic nitrogens is 2. The van der Waals surface area contributed by atoms with Crippen molar-refractivity contribution in [2.45, 2.75) is 31.8 Å². The molecule has 2 aliphatic rings. The number of thiophene rings is 1. The lowest BCUT2D eigenvalue weighted by atomic mass is 9.86. The molecule has 4 heterocycles. The average molecular weight is 378 g/mol. The minimum Gasteiger partial charge on any atom is -0.369 e. The van der Waals surface area contributed by atoms with Gasteiger partial charge >= 0.3 is 0 Å². The van der Waals surface area contributed by atoms with Crippen LogP contribution in [0.15, 0.2) is 42.7 Å². The van der Waals surface area contributed by atoms with Gasteiger partial charge in [0.25, 0.3) is 0 Å². The van der Waals surface area contributed by atoms with E-state index in [2.05, 4.69) is 45.6 Å². The van der Waals surface area contributed by atoms with E-state index in [1.54, 1.807) is 0 Å². The van der Waals surface area contributed by atoms with Gasteiger partial charge in [0.15, 0.2) is 5.82 Å². The van der Waals surface area contributed by atoms with E-state index < -0.39 is 0 Å². The van der Waals surface area contributed by atoms with Crippen LogP contribution in [0.1, 0.15) is 28.8 Å². The fraction of sp³-hybridized carbons (Fsp3) is 0.364. The van der Waals surface area contributed by atoms with E-state index in [0.717, 1.165) is 55.9 Å². The molecule has 1 saturated heterocycles. The number of fused-ring (bicyclic) bond motifs is 2. The summed E-state index contributed by atoms with van der Waals surface area (Å²) in [6.07, 6.45) is 6.90. The molecule has 3 aromatic rings. The minimum atomic E-state index is -0.0581. The summed E-state index contributed by atoms with van der Waals surface area (Å²) >= 11 is 1.91. The number of hydrogen-bond acceptors (Lipinski definition) is 5. The van der Waals surface area contributed by atoms with Crippen LogP contribution in [0.25, 0.3) is 21.8 Å². The summed E-state index contributed by atoms with van der Waals surface area (Å²) in [6, 6.07) is 11.0. The number of aryl methyl sites for hydroxylation is 1. The van der Waals surface area contributed by atoms with E-state index in [9.17, 15) is 0 Å². The third kappa shape index (κ3) is 3.10. The molecule has 1 spiro atoms. The van der Waals surface area contributed by atoms with Gasteiger partial charge in [-0.15, -0.1) is 11.3 Å². The molecule has 5 rings (SSSR count). The maximum Gasteiger partial charge on any atom is 0.159 e. The number of rotatable bonds is 2. The van der Waals surface area contributed by atoms with E-state index in [4.69, 9.17) is 4.74 Å². The predicted octanol–water partition coefficient (Wildman–Crippen LogP) is 4.33. The number of piperidine rings is 1. The van der Waals surface area contributed by atoms with E-state index >= 15 is 0 Å². The van der Waals surface area contributed by atoms with Crippen molar-refractivity contribution in [3.05, 3.63) is 58.7 Å². The van der Waals surface area contributed by atoms with Crippen molar-refractivity contribution in [1.82, 2.24) is 15.3 Å². The summed E-state index contributed by atoms with van der Waals surface area (Å²) in [4.78, 5) is 11.6. The molecular weight excluding hydrogens is 354 g/mol. The van der Waals surface area contributed by atoms with Gasteiger partial charge in [0.2, 0.25) is 0 Å². The Morgan fingerprint density at radius 1 is 1.04 bits per heavy atom. The highest BCUT2D eigenvalue weighted by molar-refractivity contribution is 7.15. The zero-order chi connectivity index (χ0) is 18.3. The smallest absolute Gasteiger partial charge is 0.159 e. The minimum absolute atomic E-state index is 0.0581. The molecule has 1 N–H and O–H groups in total. The molecule has 27 heavy (non-hydrogen) atoms. The number of nitrogens with one attached hydrogen (secondary N) is 1. The Bertz CT molecular complexity index is 941. The highest BCUT2D eigenvalue weighted by Crippen LogP contribution is 2.46. The molecule has 0 aliphatic carbocycles. The third-order valence-electron chi connectivity index (χ3n) is 5.59. The second-order valence-electron chi connectivity index (χ2n) is 7.47. The Labute approximate surface area is 163 Å². The lowest BCUT2D eigenvalue weighted by Crippen LogP contribution is -2.43.